The van der Waals surface area contributed by atoms with Gasteiger partial charge in [0.05, 0.1) is 12.6 Å². The van der Waals surface area contributed by atoms with Crippen molar-refractivity contribution in [1.29, 1.82) is 0 Å². The molecule has 0 spiro atoms. The highest BCUT2D eigenvalue weighted by atomic mass is 19.1. The van der Waals surface area contributed by atoms with Crippen LogP contribution in [-0.4, -0.2) is 54.6 Å². The second-order valence-corrected chi connectivity index (χ2v) is 9.18. The molecular weight excluding hydrogens is 377 g/mol. The number of piperidine rings is 3. The van der Waals surface area contributed by atoms with Crippen LogP contribution in [0.4, 0.5) is 4.39 Å². The Hall–Kier alpha value is -2.40. The molecule has 7 rings (SSSR count). The van der Waals surface area contributed by atoms with Gasteiger partial charge in [-0.1, -0.05) is 36.4 Å². The molecule has 4 nitrogen and oxygen atoms in total. The van der Waals surface area contributed by atoms with Gasteiger partial charge in [0, 0.05) is 19.0 Å². The SMILES string of the molecule is Fc1ccc([C@H]2c3ccccc3CCN2C2=NC[C@@H](C3CN4CCC3CC4)O2)cc1. The number of aliphatic imine (C=N–C) groups is 1. The van der Waals surface area contributed by atoms with Gasteiger partial charge in [0.15, 0.2) is 0 Å². The smallest absolute Gasteiger partial charge is 0.288 e. The number of halogens is 1. The molecule has 3 atom stereocenters. The lowest BCUT2D eigenvalue weighted by Gasteiger charge is -2.46. The van der Waals surface area contributed by atoms with Gasteiger partial charge in [-0.25, -0.2) is 9.38 Å². The minimum Gasteiger partial charge on any atom is -0.459 e. The minimum atomic E-state index is -0.203. The fourth-order valence-corrected chi connectivity index (χ4v) is 5.97. The zero-order valence-corrected chi connectivity index (χ0v) is 17.2. The molecule has 5 heteroatoms. The molecule has 3 saturated heterocycles. The van der Waals surface area contributed by atoms with Crippen molar-refractivity contribution in [2.24, 2.45) is 16.8 Å². The molecule has 2 aromatic carbocycles. The fourth-order valence-electron chi connectivity index (χ4n) is 5.97. The van der Waals surface area contributed by atoms with Gasteiger partial charge in [0.1, 0.15) is 11.9 Å². The molecule has 0 aliphatic carbocycles. The van der Waals surface area contributed by atoms with E-state index in [9.17, 15) is 4.39 Å². The predicted molar refractivity (Wildman–Crippen MR) is 115 cm³/mol. The topological polar surface area (TPSA) is 28.1 Å². The van der Waals surface area contributed by atoms with Crippen molar-refractivity contribution in [3.05, 3.63) is 71.0 Å². The van der Waals surface area contributed by atoms with E-state index in [1.54, 1.807) is 12.1 Å². The van der Waals surface area contributed by atoms with Crippen molar-refractivity contribution < 1.29 is 9.13 Å². The molecule has 0 aromatic heterocycles. The first-order valence-corrected chi connectivity index (χ1v) is 11.3. The third-order valence-electron chi connectivity index (χ3n) is 7.56. The van der Waals surface area contributed by atoms with E-state index in [1.165, 1.54) is 37.1 Å². The monoisotopic (exact) mass is 405 g/mol. The standard InChI is InChI=1S/C25H28FN3O/c26-20-7-5-19(6-8-20)24-21-4-2-1-3-17(21)11-14-29(24)25-27-15-23(30-25)22-16-28-12-9-18(22)10-13-28/h1-8,18,22-24H,9-16H2/t22?,23-,24-/m0/s1. The number of hydrogen-bond acceptors (Lipinski definition) is 4. The van der Waals surface area contributed by atoms with Crippen molar-refractivity contribution >= 4 is 6.02 Å². The quantitative estimate of drug-likeness (QED) is 0.759. The van der Waals surface area contributed by atoms with Crippen LogP contribution in [0.3, 0.4) is 0 Å². The van der Waals surface area contributed by atoms with E-state index in [1.807, 2.05) is 12.1 Å². The summed E-state index contributed by atoms with van der Waals surface area (Å²) in [6.45, 7) is 5.28. The van der Waals surface area contributed by atoms with Crippen LogP contribution in [0.15, 0.2) is 53.5 Å². The third kappa shape index (κ3) is 3.11. The number of nitrogens with zero attached hydrogens (tertiary/aromatic N) is 3. The summed E-state index contributed by atoms with van der Waals surface area (Å²) >= 11 is 0. The number of benzene rings is 2. The number of amidine groups is 1. The maximum Gasteiger partial charge on any atom is 0.288 e. The molecule has 2 aromatic rings. The number of rotatable bonds is 2. The minimum absolute atomic E-state index is 0.0135. The molecule has 0 N–H and O–H groups in total. The van der Waals surface area contributed by atoms with Gasteiger partial charge < -0.3 is 14.5 Å². The third-order valence-corrected chi connectivity index (χ3v) is 7.56. The van der Waals surface area contributed by atoms with Crippen LogP contribution >= 0.6 is 0 Å². The Morgan fingerprint density at radius 2 is 1.77 bits per heavy atom. The molecule has 30 heavy (non-hydrogen) atoms. The molecule has 5 aliphatic heterocycles. The average molecular weight is 406 g/mol. The van der Waals surface area contributed by atoms with Crippen molar-refractivity contribution in [2.75, 3.05) is 32.7 Å². The van der Waals surface area contributed by atoms with Crippen molar-refractivity contribution in [3.63, 3.8) is 0 Å². The van der Waals surface area contributed by atoms with E-state index in [-0.39, 0.29) is 18.0 Å². The summed E-state index contributed by atoms with van der Waals surface area (Å²) in [5.74, 6) is 1.17. The number of hydrogen-bond donors (Lipinski definition) is 0. The van der Waals surface area contributed by atoms with E-state index in [4.69, 9.17) is 9.73 Å². The Balaban J connectivity index is 1.28. The molecule has 5 aliphatic rings. The van der Waals surface area contributed by atoms with Gasteiger partial charge in [0.2, 0.25) is 0 Å². The Kier molecular flexibility index (Phi) is 4.52. The second kappa shape index (κ2) is 7.38. The van der Waals surface area contributed by atoms with Gasteiger partial charge in [-0.15, -0.1) is 0 Å². The van der Waals surface area contributed by atoms with Gasteiger partial charge in [0.25, 0.3) is 6.02 Å². The normalized spacial score (nSPS) is 32.5. The molecule has 156 valence electrons. The Labute approximate surface area is 177 Å². The predicted octanol–water partition coefficient (Wildman–Crippen LogP) is 3.87. The van der Waals surface area contributed by atoms with Crippen molar-refractivity contribution in [2.45, 2.75) is 31.4 Å². The molecular formula is C25H28FN3O. The summed E-state index contributed by atoms with van der Waals surface area (Å²) in [4.78, 5) is 9.78. The molecule has 0 amide bonds. The summed E-state index contributed by atoms with van der Waals surface area (Å²) in [6.07, 6.45) is 3.77. The Morgan fingerprint density at radius 1 is 0.967 bits per heavy atom. The number of ether oxygens (including phenoxy) is 1. The van der Waals surface area contributed by atoms with Gasteiger partial charge in [-0.2, -0.15) is 0 Å². The highest BCUT2D eigenvalue weighted by Gasteiger charge is 2.43. The Bertz CT molecular complexity index is 951. The summed E-state index contributed by atoms with van der Waals surface area (Å²) in [6, 6.07) is 16.3. The summed E-state index contributed by atoms with van der Waals surface area (Å²) in [5, 5.41) is 0. The molecule has 2 bridgehead atoms. The van der Waals surface area contributed by atoms with Crippen LogP contribution < -0.4 is 0 Å². The fraction of sp³-hybridized carbons (Fsp3) is 0.480. The molecule has 5 heterocycles. The van der Waals surface area contributed by atoms with Crippen molar-refractivity contribution in [3.8, 4) is 0 Å². The van der Waals surface area contributed by atoms with Crippen LogP contribution in [0.1, 0.15) is 35.6 Å². The molecule has 1 unspecified atom stereocenters. The molecule has 0 radical (unpaired) electrons. The van der Waals surface area contributed by atoms with Crippen LogP contribution in [0, 0.1) is 17.7 Å². The van der Waals surface area contributed by atoms with E-state index >= 15 is 0 Å². The summed E-state index contributed by atoms with van der Waals surface area (Å²) in [5.41, 5.74) is 3.71. The van der Waals surface area contributed by atoms with Crippen LogP contribution in [-0.2, 0) is 11.2 Å². The first-order chi connectivity index (χ1) is 14.8. The maximum atomic E-state index is 13.6. The lowest BCUT2D eigenvalue weighted by molar-refractivity contribution is -0.0137. The molecule has 3 fully saturated rings. The highest BCUT2D eigenvalue weighted by Crippen LogP contribution is 2.39. The largest absolute Gasteiger partial charge is 0.459 e. The maximum absolute atomic E-state index is 13.6. The summed E-state index contributed by atoms with van der Waals surface area (Å²) in [7, 11) is 0. The first-order valence-electron chi connectivity index (χ1n) is 11.3. The van der Waals surface area contributed by atoms with E-state index in [2.05, 4.69) is 34.1 Å². The number of fused-ring (bicyclic) bond motifs is 4. The van der Waals surface area contributed by atoms with E-state index < -0.39 is 0 Å². The van der Waals surface area contributed by atoms with Gasteiger partial charge >= 0.3 is 0 Å². The van der Waals surface area contributed by atoms with E-state index in [0.29, 0.717) is 5.92 Å². The van der Waals surface area contributed by atoms with Crippen molar-refractivity contribution in [1.82, 2.24) is 9.80 Å². The van der Waals surface area contributed by atoms with Gasteiger partial charge in [-0.05, 0) is 67.1 Å². The van der Waals surface area contributed by atoms with Gasteiger partial charge in [-0.3, -0.25) is 0 Å². The molecule has 0 saturated carbocycles. The average Bonchev–Trinajstić information content (AvgIpc) is 3.30. The van der Waals surface area contributed by atoms with Crippen LogP contribution in [0.5, 0.6) is 0 Å². The second-order valence-electron chi connectivity index (χ2n) is 9.18. The van der Waals surface area contributed by atoms with Crippen LogP contribution in [0.2, 0.25) is 0 Å². The zero-order chi connectivity index (χ0) is 20.1. The van der Waals surface area contributed by atoms with E-state index in [0.717, 1.165) is 43.6 Å². The zero-order valence-electron chi connectivity index (χ0n) is 17.2. The Morgan fingerprint density at radius 3 is 2.53 bits per heavy atom. The highest BCUT2D eigenvalue weighted by molar-refractivity contribution is 5.77. The lowest BCUT2D eigenvalue weighted by atomic mass is 9.76. The summed E-state index contributed by atoms with van der Waals surface area (Å²) < 4.78 is 20.2. The first kappa shape index (κ1) is 18.4. The lowest BCUT2D eigenvalue weighted by Crippen LogP contribution is -2.52. The van der Waals surface area contributed by atoms with Crippen LogP contribution in [0.25, 0.3) is 0 Å².